The molecule has 0 saturated heterocycles. The molecule has 198 valence electrons. The number of allylic oxidation sites excluding steroid dienone is 1. The monoisotopic (exact) mass is 603 g/mol. The molecule has 1 aliphatic heterocycles. The van der Waals surface area contributed by atoms with Gasteiger partial charge in [-0.25, -0.2) is 9.79 Å². The number of nitro benzene ring substituents is 1. The Balaban J connectivity index is 2.02. The van der Waals surface area contributed by atoms with Crippen LogP contribution < -0.4 is 24.4 Å². The van der Waals surface area contributed by atoms with Crippen LogP contribution >= 0.6 is 27.3 Å². The molecular weight excluding hydrogens is 582 g/mol. The third-order valence-corrected chi connectivity index (χ3v) is 7.49. The molecule has 1 N–H and O–H groups in total. The summed E-state index contributed by atoms with van der Waals surface area (Å²) in [5, 5.41) is 21.5. The van der Waals surface area contributed by atoms with Crippen LogP contribution in [0, 0.1) is 10.1 Å². The molecule has 1 atom stereocenters. The average molecular weight is 604 g/mol. The predicted octanol–water partition coefficient (Wildman–Crippen LogP) is 3.19. The summed E-state index contributed by atoms with van der Waals surface area (Å²) in [6.45, 7) is 3.44. The Labute approximate surface area is 228 Å². The van der Waals surface area contributed by atoms with Gasteiger partial charge in [0.05, 0.1) is 47.6 Å². The number of halogens is 1. The van der Waals surface area contributed by atoms with Crippen LogP contribution in [-0.2, 0) is 9.53 Å². The summed E-state index contributed by atoms with van der Waals surface area (Å²) in [6.07, 6.45) is 1.36. The number of phenolic OH excluding ortho intramolecular Hbond substituents is 1. The normalized spacial score (nSPS) is 15.1. The zero-order valence-electron chi connectivity index (χ0n) is 20.7. The fourth-order valence-corrected chi connectivity index (χ4v) is 5.65. The van der Waals surface area contributed by atoms with E-state index in [1.54, 1.807) is 26.0 Å². The summed E-state index contributed by atoms with van der Waals surface area (Å²) in [4.78, 5) is 42.3. The molecule has 38 heavy (non-hydrogen) atoms. The van der Waals surface area contributed by atoms with Gasteiger partial charge in [0.25, 0.3) is 11.2 Å². The third-order valence-electron chi connectivity index (χ3n) is 5.82. The number of carbonyl (C=O) groups is 1. The van der Waals surface area contributed by atoms with Crippen LogP contribution in [0.4, 0.5) is 5.69 Å². The van der Waals surface area contributed by atoms with E-state index in [-0.39, 0.29) is 33.7 Å². The van der Waals surface area contributed by atoms with Crippen molar-refractivity contribution in [2.24, 2.45) is 4.99 Å². The van der Waals surface area contributed by atoms with E-state index >= 15 is 0 Å². The zero-order valence-corrected chi connectivity index (χ0v) is 23.1. The Morgan fingerprint density at radius 3 is 2.58 bits per heavy atom. The first-order chi connectivity index (χ1) is 18.1. The molecule has 4 rings (SSSR count). The van der Waals surface area contributed by atoms with Crippen LogP contribution in [0.25, 0.3) is 6.08 Å². The Hall–Kier alpha value is -3.97. The quantitative estimate of drug-likeness (QED) is 0.246. The third kappa shape index (κ3) is 4.82. The second-order valence-corrected chi connectivity index (χ2v) is 9.89. The van der Waals surface area contributed by atoms with Crippen LogP contribution in [0.2, 0.25) is 0 Å². The Bertz CT molecular complexity index is 1670. The minimum Gasteiger partial charge on any atom is -0.507 e. The molecule has 1 unspecified atom stereocenters. The first-order valence-electron chi connectivity index (χ1n) is 11.2. The molecule has 0 spiro atoms. The molecule has 13 heteroatoms. The lowest BCUT2D eigenvalue weighted by atomic mass is 9.95. The number of benzene rings is 2. The summed E-state index contributed by atoms with van der Waals surface area (Å²) in [5.41, 5.74) is 0.383. The topological polar surface area (TPSA) is 142 Å². The molecule has 0 saturated carbocycles. The van der Waals surface area contributed by atoms with Gasteiger partial charge in [0.2, 0.25) is 0 Å². The lowest BCUT2D eigenvalue weighted by Gasteiger charge is -2.26. The zero-order chi connectivity index (χ0) is 27.7. The van der Waals surface area contributed by atoms with Crippen molar-refractivity contribution in [1.29, 1.82) is 0 Å². The molecule has 0 radical (unpaired) electrons. The minimum absolute atomic E-state index is 0.0923. The maximum absolute atomic E-state index is 13.8. The number of ether oxygens (including phenoxy) is 3. The van der Waals surface area contributed by atoms with Gasteiger partial charge >= 0.3 is 5.97 Å². The SMILES string of the molecule is CCOC(=O)C1=C(C)N=c2s/c(=C/c3cc([N+](=O)[O-])ccc3O)c(=O)n2C1c1cc(OC)c(OC)cc1Br. The predicted molar refractivity (Wildman–Crippen MR) is 142 cm³/mol. The number of thiazole rings is 1. The smallest absolute Gasteiger partial charge is 0.338 e. The fraction of sp³-hybridized carbons (Fsp3) is 0.240. The average Bonchev–Trinajstić information content (AvgIpc) is 3.18. The van der Waals surface area contributed by atoms with E-state index in [9.17, 15) is 24.8 Å². The van der Waals surface area contributed by atoms with E-state index in [4.69, 9.17) is 14.2 Å². The van der Waals surface area contributed by atoms with Gasteiger partial charge in [-0.1, -0.05) is 27.3 Å². The van der Waals surface area contributed by atoms with E-state index < -0.39 is 22.5 Å². The number of hydrogen-bond acceptors (Lipinski definition) is 10. The molecule has 2 heterocycles. The molecule has 1 aromatic heterocycles. The maximum atomic E-state index is 13.8. The molecule has 11 nitrogen and oxygen atoms in total. The number of aromatic hydroxyl groups is 1. The summed E-state index contributed by atoms with van der Waals surface area (Å²) in [6, 6.07) is 5.91. The number of rotatable bonds is 7. The van der Waals surface area contributed by atoms with E-state index in [1.165, 1.54) is 37.0 Å². The van der Waals surface area contributed by atoms with E-state index in [1.807, 2.05) is 0 Å². The summed E-state index contributed by atoms with van der Waals surface area (Å²) in [7, 11) is 2.96. The van der Waals surface area contributed by atoms with Crippen molar-refractivity contribution in [1.82, 2.24) is 4.57 Å². The second kappa shape index (κ2) is 10.8. The van der Waals surface area contributed by atoms with Crippen molar-refractivity contribution in [3.63, 3.8) is 0 Å². The van der Waals surface area contributed by atoms with Crippen LogP contribution in [0.1, 0.15) is 31.0 Å². The molecule has 2 aromatic carbocycles. The molecule has 0 aliphatic carbocycles. The molecule has 3 aromatic rings. The van der Waals surface area contributed by atoms with Crippen molar-refractivity contribution in [3.8, 4) is 17.2 Å². The number of aromatic nitrogens is 1. The van der Waals surface area contributed by atoms with Gasteiger partial charge in [-0.2, -0.15) is 0 Å². The number of hydrogen-bond donors (Lipinski definition) is 1. The highest BCUT2D eigenvalue weighted by molar-refractivity contribution is 9.10. The van der Waals surface area contributed by atoms with Gasteiger partial charge in [0.15, 0.2) is 16.3 Å². The van der Waals surface area contributed by atoms with Gasteiger partial charge < -0.3 is 19.3 Å². The molecule has 0 fully saturated rings. The van der Waals surface area contributed by atoms with E-state index in [0.717, 1.165) is 17.4 Å². The lowest BCUT2D eigenvalue weighted by Crippen LogP contribution is -2.40. The van der Waals surface area contributed by atoms with Gasteiger partial charge in [0.1, 0.15) is 5.75 Å². The largest absolute Gasteiger partial charge is 0.507 e. The lowest BCUT2D eigenvalue weighted by molar-refractivity contribution is -0.384. The number of nitro groups is 1. The van der Waals surface area contributed by atoms with Crippen molar-refractivity contribution in [2.45, 2.75) is 19.9 Å². The highest BCUT2D eigenvalue weighted by Gasteiger charge is 2.35. The number of phenols is 1. The molecule has 1 aliphatic rings. The number of non-ortho nitro benzene ring substituents is 1. The number of fused-ring (bicyclic) bond motifs is 1. The van der Waals surface area contributed by atoms with Gasteiger partial charge in [0, 0.05) is 22.2 Å². The Morgan fingerprint density at radius 1 is 1.26 bits per heavy atom. The molecule has 0 amide bonds. The van der Waals surface area contributed by atoms with Gasteiger partial charge in [-0.15, -0.1) is 0 Å². The van der Waals surface area contributed by atoms with Crippen LogP contribution in [0.15, 0.2) is 55.9 Å². The molecular formula is C25H22BrN3O8S. The van der Waals surface area contributed by atoms with Crippen LogP contribution in [0.5, 0.6) is 17.2 Å². The second-order valence-electron chi connectivity index (χ2n) is 8.03. The number of carbonyl (C=O) groups excluding carboxylic acids is 1. The van der Waals surface area contributed by atoms with E-state index in [0.29, 0.717) is 32.0 Å². The highest BCUT2D eigenvalue weighted by Crippen LogP contribution is 2.40. The number of methoxy groups -OCH3 is 2. The van der Waals surface area contributed by atoms with Crippen molar-refractivity contribution in [3.05, 3.63) is 87.0 Å². The Morgan fingerprint density at radius 2 is 1.95 bits per heavy atom. The van der Waals surface area contributed by atoms with Crippen molar-refractivity contribution in [2.75, 3.05) is 20.8 Å². The number of nitrogens with zero attached hydrogens (tertiary/aromatic N) is 3. The van der Waals surface area contributed by atoms with Crippen LogP contribution in [0.3, 0.4) is 0 Å². The van der Waals surface area contributed by atoms with Crippen molar-refractivity contribution >= 4 is 45.0 Å². The van der Waals surface area contributed by atoms with Crippen molar-refractivity contribution < 1.29 is 29.0 Å². The summed E-state index contributed by atoms with van der Waals surface area (Å²) in [5.74, 6) is -0.0441. The molecule has 0 bridgehead atoms. The van der Waals surface area contributed by atoms with E-state index in [2.05, 4.69) is 20.9 Å². The minimum atomic E-state index is -0.944. The first kappa shape index (κ1) is 27.1. The fourth-order valence-electron chi connectivity index (χ4n) is 4.08. The van der Waals surface area contributed by atoms with Gasteiger partial charge in [-0.3, -0.25) is 19.5 Å². The first-order valence-corrected chi connectivity index (χ1v) is 12.8. The van der Waals surface area contributed by atoms with Crippen LogP contribution in [-0.4, -0.2) is 41.4 Å². The summed E-state index contributed by atoms with van der Waals surface area (Å²) < 4.78 is 18.2. The van der Waals surface area contributed by atoms with Gasteiger partial charge in [-0.05, 0) is 43.7 Å². The maximum Gasteiger partial charge on any atom is 0.338 e. The standard InChI is InChI=1S/C25H22BrN3O8S/c1-5-37-24(32)21-12(2)27-25-28(22(21)15-10-18(35-3)19(36-4)11-16(15)26)23(31)20(38-25)9-13-8-14(29(33)34)6-7-17(13)30/h6-11,22,30H,5H2,1-4H3/b20-9+. The highest BCUT2D eigenvalue weighted by atomic mass is 79.9. The number of esters is 1. The Kier molecular flexibility index (Phi) is 7.69. The summed E-state index contributed by atoms with van der Waals surface area (Å²) >= 11 is 4.56.